The molecule has 8 nitrogen and oxygen atoms in total. The van der Waals surface area contributed by atoms with Gasteiger partial charge in [0.1, 0.15) is 16.5 Å². The molecule has 0 saturated carbocycles. The number of halogens is 4. The summed E-state index contributed by atoms with van der Waals surface area (Å²) in [5.74, 6) is -1.02. The second-order valence-corrected chi connectivity index (χ2v) is 7.39. The molecule has 34 heavy (non-hydrogen) atoms. The number of ether oxygens (including phenoxy) is 4. The number of alkyl halides is 3. The average Bonchev–Trinajstić information content (AvgIpc) is 2.79. The maximum atomic E-state index is 12.7. The van der Waals surface area contributed by atoms with Gasteiger partial charge in [-0.05, 0) is 43.7 Å². The van der Waals surface area contributed by atoms with E-state index in [4.69, 9.17) is 25.8 Å². The Morgan fingerprint density at radius 3 is 2.38 bits per heavy atom. The number of amides is 1. The molecule has 0 aliphatic heterocycles. The molecule has 0 bridgehead atoms. The summed E-state index contributed by atoms with van der Waals surface area (Å²) < 4.78 is 59.1. The van der Waals surface area contributed by atoms with Crippen LogP contribution in [0.15, 0.2) is 36.5 Å². The minimum Gasteiger partial charge on any atom is -0.481 e. The van der Waals surface area contributed by atoms with E-state index in [0.717, 1.165) is 12.5 Å². The molecule has 2 rings (SSSR count). The third-order valence-electron chi connectivity index (χ3n) is 4.33. The molecule has 0 fully saturated rings. The summed E-state index contributed by atoms with van der Waals surface area (Å²) in [7, 11) is 1.18. The van der Waals surface area contributed by atoms with E-state index in [1.54, 1.807) is 0 Å². The zero-order chi connectivity index (χ0) is 25.3. The van der Waals surface area contributed by atoms with Crippen LogP contribution in [-0.4, -0.2) is 42.9 Å². The van der Waals surface area contributed by atoms with Crippen LogP contribution in [0.3, 0.4) is 0 Å². The zero-order valence-corrected chi connectivity index (χ0v) is 19.4. The molecule has 0 saturated heterocycles. The van der Waals surface area contributed by atoms with Gasteiger partial charge >= 0.3 is 12.1 Å². The number of pyridine rings is 1. The van der Waals surface area contributed by atoms with Crippen LogP contribution in [0, 0.1) is 0 Å². The van der Waals surface area contributed by atoms with Crippen LogP contribution >= 0.6 is 11.6 Å². The Balaban J connectivity index is 1.96. The molecule has 1 amide bonds. The number of nitrogens with one attached hydrogen (secondary N) is 1. The van der Waals surface area contributed by atoms with Gasteiger partial charge in [0.2, 0.25) is 12.1 Å². The van der Waals surface area contributed by atoms with E-state index >= 15 is 0 Å². The number of benzene rings is 1. The first kappa shape index (κ1) is 27.2. The second kappa shape index (κ2) is 12.4. The quantitative estimate of drug-likeness (QED) is 0.268. The van der Waals surface area contributed by atoms with Gasteiger partial charge in [0.05, 0.1) is 12.7 Å². The van der Waals surface area contributed by atoms with Gasteiger partial charge in [0, 0.05) is 12.8 Å². The third-order valence-corrected chi connectivity index (χ3v) is 4.60. The van der Waals surface area contributed by atoms with Crippen molar-refractivity contribution in [2.45, 2.75) is 45.2 Å². The minimum absolute atomic E-state index is 0.201. The Bertz CT molecular complexity index is 972. The summed E-state index contributed by atoms with van der Waals surface area (Å²) in [6.07, 6.45) is -4.65. The Hall–Kier alpha value is -3.05. The third kappa shape index (κ3) is 8.07. The van der Waals surface area contributed by atoms with E-state index in [9.17, 15) is 22.8 Å². The number of nitrogens with zero attached hydrogens (tertiary/aromatic N) is 1. The molecule has 1 aromatic heterocycles. The van der Waals surface area contributed by atoms with Crippen LogP contribution in [0.2, 0.25) is 5.02 Å². The molecule has 2 aromatic rings. The predicted octanol–water partition coefficient (Wildman–Crippen LogP) is 4.75. The molecule has 0 aliphatic carbocycles. The molecule has 1 heterocycles. The van der Waals surface area contributed by atoms with Crippen LogP contribution in [0.5, 0.6) is 17.4 Å². The maximum absolute atomic E-state index is 12.7. The van der Waals surface area contributed by atoms with Crippen molar-refractivity contribution in [2.75, 3.05) is 13.7 Å². The fourth-order valence-corrected chi connectivity index (χ4v) is 2.68. The SMILES string of the molecule is CCCCOC(NC(=O)C(C)Oc1ccc(Oc2ncc(C(F)(F)F)cc2Cl)cc1)C(=O)OC. The molecule has 12 heteroatoms. The van der Waals surface area contributed by atoms with Gasteiger partial charge < -0.3 is 24.3 Å². The highest BCUT2D eigenvalue weighted by atomic mass is 35.5. The molecule has 0 radical (unpaired) electrons. The smallest absolute Gasteiger partial charge is 0.417 e. The van der Waals surface area contributed by atoms with Gasteiger partial charge in [-0.15, -0.1) is 0 Å². The molecule has 186 valence electrons. The number of esters is 1. The lowest BCUT2D eigenvalue weighted by molar-refractivity contribution is -0.160. The second-order valence-electron chi connectivity index (χ2n) is 6.98. The Morgan fingerprint density at radius 1 is 1.18 bits per heavy atom. The Labute approximate surface area is 199 Å². The van der Waals surface area contributed by atoms with Gasteiger partial charge in [-0.3, -0.25) is 4.79 Å². The van der Waals surface area contributed by atoms with Crippen LogP contribution in [0.1, 0.15) is 32.3 Å². The highest BCUT2D eigenvalue weighted by molar-refractivity contribution is 6.31. The number of carbonyl (C=O) groups is 2. The molecule has 1 aromatic carbocycles. The number of carbonyl (C=O) groups excluding carboxylic acids is 2. The number of methoxy groups -OCH3 is 1. The normalized spacial score (nSPS) is 13.0. The van der Waals surface area contributed by atoms with E-state index in [1.807, 2.05) is 6.92 Å². The van der Waals surface area contributed by atoms with Crippen molar-refractivity contribution in [3.63, 3.8) is 0 Å². The van der Waals surface area contributed by atoms with E-state index in [0.29, 0.717) is 18.4 Å². The molecule has 0 spiro atoms. The van der Waals surface area contributed by atoms with E-state index < -0.39 is 35.9 Å². The van der Waals surface area contributed by atoms with E-state index in [-0.39, 0.29) is 23.3 Å². The van der Waals surface area contributed by atoms with Crippen molar-refractivity contribution in [3.05, 3.63) is 47.1 Å². The van der Waals surface area contributed by atoms with Crippen LogP contribution in [0.25, 0.3) is 0 Å². The van der Waals surface area contributed by atoms with Crippen molar-refractivity contribution in [2.24, 2.45) is 0 Å². The molecular formula is C22H24ClF3N2O6. The fraction of sp³-hybridized carbons (Fsp3) is 0.409. The summed E-state index contributed by atoms with van der Waals surface area (Å²) >= 11 is 5.83. The highest BCUT2D eigenvalue weighted by Gasteiger charge is 2.32. The van der Waals surface area contributed by atoms with Gasteiger partial charge in [-0.2, -0.15) is 13.2 Å². The molecule has 2 unspecified atom stereocenters. The highest BCUT2D eigenvalue weighted by Crippen LogP contribution is 2.34. The first-order valence-corrected chi connectivity index (χ1v) is 10.6. The predicted molar refractivity (Wildman–Crippen MR) is 116 cm³/mol. The summed E-state index contributed by atoms with van der Waals surface area (Å²) in [6, 6.07) is 6.59. The number of hydrogen-bond acceptors (Lipinski definition) is 7. The fourth-order valence-electron chi connectivity index (χ4n) is 2.48. The standard InChI is InChI=1S/C22H24ClF3N2O6/c1-4-5-10-32-20(21(30)31-3)28-18(29)13(2)33-15-6-8-16(9-7-15)34-19-17(23)11-14(12-27-19)22(24,25)26/h6-9,11-13,20H,4-5,10H2,1-3H3,(H,28,29). The monoisotopic (exact) mass is 504 g/mol. The summed E-state index contributed by atoms with van der Waals surface area (Å²) in [5.41, 5.74) is -0.994. The molecule has 0 aliphatic rings. The number of rotatable bonds is 11. The van der Waals surface area contributed by atoms with Crippen molar-refractivity contribution < 1.29 is 41.7 Å². The molecule has 1 N–H and O–H groups in total. The lowest BCUT2D eigenvalue weighted by Gasteiger charge is -2.20. The molecule has 2 atom stereocenters. The summed E-state index contributed by atoms with van der Waals surface area (Å²) in [4.78, 5) is 27.8. The van der Waals surface area contributed by atoms with Crippen molar-refractivity contribution in [1.82, 2.24) is 10.3 Å². The number of hydrogen-bond donors (Lipinski definition) is 1. The first-order chi connectivity index (χ1) is 16.0. The topological polar surface area (TPSA) is 96.0 Å². The minimum atomic E-state index is -4.57. The Kier molecular flexibility index (Phi) is 9.94. The van der Waals surface area contributed by atoms with Crippen LogP contribution < -0.4 is 14.8 Å². The van der Waals surface area contributed by atoms with Gasteiger partial charge in [-0.1, -0.05) is 24.9 Å². The first-order valence-electron chi connectivity index (χ1n) is 10.2. The van der Waals surface area contributed by atoms with Gasteiger partial charge in [0.15, 0.2) is 6.10 Å². The van der Waals surface area contributed by atoms with Crippen molar-refractivity contribution in [3.8, 4) is 17.4 Å². The largest absolute Gasteiger partial charge is 0.481 e. The van der Waals surface area contributed by atoms with Crippen LogP contribution in [0.4, 0.5) is 13.2 Å². The number of unbranched alkanes of at least 4 members (excludes halogenated alkanes) is 1. The molecular weight excluding hydrogens is 481 g/mol. The average molecular weight is 505 g/mol. The lowest BCUT2D eigenvalue weighted by atomic mass is 10.3. The summed E-state index contributed by atoms with van der Waals surface area (Å²) in [6.45, 7) is 3.70. The van der Waals surface area contributed by atoms with Gasteiger partial charge in [0.25, 0.3) is 5.91 Å². The van der Waals surface area contributed by atoms with E-state index in [2.05, 4.69) is 15.0 Å². The van der Waals surface area contributed by atoms with Crippen molar-refractivity contribution in [1.29, 1.82) is 0 Å². The zero-order valence-electron chi connectivity index (χ0n) is 18.6. The number of aromatic nitrogens is 1. The van der Waals surface area contributed by atoms with Crippen LogP contribution in [-0.2, 0) is 25.2 Å². The van der Waals surface area contributed by atoms with Gasteiger partial charge in [-0.25, -0.2) is 9.78 Å². The summed E-state index contributed by atoms with van der Waals surface area (Å²) in [5, 5.41) is 2.12. The maximum Gasteiger partial charge on any atom is 0.417 e. The van der Waals surface area contributed by atoms with E-state index in [1.165, 1.54) is 38.3 Å². The Morgan fingerprint density at radius 2 is 1.82 bits per heavy atom. The van der Waals surface area contributed by atoms with Crippen molar-refractivity contribution >= 4 is 23.5 Å². The lowest BCUT2D eigenvalue weighted by Crippen LogP contribution is -2.48.